The molecule has 7 nitrogen and oxygen atoms in total. The van der Waals surface area contributed by atoms with Crippen LogP contribution in [0.1, 0.15) is 18.4 Å². The van der Waals surface area contributed by atoms with Crippen molar-refractivity contribution in [2.45, 2.75) is 43.7 Å². The van der Waals surface area contributed by atoms with Gasteiger partial charge in [0.1, 0.15) is 5.75 Å². The number of benzene rings is 1. The van der Waals surface area contributed by atoms with Crippen LogP contribution in [0.25, 0.3) is 10.7 Å². The van der Waals surface area contributed by atoms with Gasteiger partial charge in [0.25, 0.3) is 0 Å². The normalized spacial score (nSPS) is 15.8. The molecule has 3 aromatic rings. The second-order valence-corrected chi connectivity index (χ2v) is 9.33. The molecule has 1 unspecified atom stereocenters. The van der Waals surface area contributed by atoms with Crippen LogP contribution in [0.5, 0.6) is 5.75 Å². The molecule has 3 heterocycles. The molecule has 1 aliphatic rings. The molecule has 1 atom stereocenters. The Morgan fingerprint density at radius 3 is 2.85 bits per heavy atom. The number of thioether (sulfide) groups is 1. The van der Waals surface area contributed by atoms with Gasteiger partial charge in [0, 0.05) is 13.2 Å². The van der Waals surface area contributed by atoms with Gasteiger partial charge in [-0.3, -0.25) is 9.36 Å². The van der Waals surface area contributed by atoms with Crippen molar-refractivity contribution in [1.82, 2.24) is 20.1 Å². The molecule has 4 rings (SSSR count). The van der Waals surface area contributed by atoms with Crippen LogP contribution in [0.3, 0.4) is 0 Å². The molecule has 1 amide bonds. The van der Waals surface area contributed by atoms with E-state index in [4.69, 9.17) is 4.74 Å². The minimum atomic E-state index is -2.84. The lowest BCUT2D eigenvalue weighted by atomic mass is 10.1. The van der Waals surface area contributed by atoms with Crippen LogP contribution in [0.2, 0.25) is 0 Å². The summed E-state index contributed by atoms with van der Waals surface area (Å²) in [6, 6.07) is 10.4. The highest BCUT2D eigenvalue weighted by molar-refractivity contribution is 7.99. The molecule has 1 aliphatic heterocycles. The molecule has 0 saturated carbocycles. The molecule has 2 aromatic heterocycles. The Morgan fingerprint density at radius 2 is 2.15 bits per heavy atom. The number of rotatable bonds is 11. The molecule has 1 fully saturated rings. The van der Waals surface area contributed by atoms with Gasteiger partial charge in [0.2, 0.25) is 5.91 Å². The maximum absolute atomic E-state index is 12.4. The maximum Gasteiger partial charge on any atom is 0.387 e. The highest BCUT2D eigenvalue weighted by Crippen LogP contribution is 2.29. The third kappa shape index (κ3) is 6.75. The average molecular weight is 495 g/mol. The number of nitrogens with zero attached hydrogens (tertiary/aromatic N) is 3. The SMILES string of the molecule is O=C(CSc1nnc(-c2cccs2)n1CC1CCCO1)NCCc1ccc(OC(F)F)cc1. The summed E-state index contributed by atoms with van der Waals surface area (Å²) in [6.45, 7) is -0.966. The number of alkyl halides is 2. The van der Waals surface area contributed by atoms with Gasteiger partial charge in [-0.15, -0.1) is 21.5 Å². The molecule has 1 aromatic carbocycles. The number of hydrogen-bond donors (Lipinski definition) is 1. The quantitative estimate of drug-likeness (QED) is 0.402. The third-order valence-corrected chi connectivity index (χ3v) is 6.92. The Bertz CT molecular complexity index is 1020. The molecule has 0 aliphatic carbocycles. The van der Waals surface area contributed by atoms with Crippen molar-refractivity contribution in [3.8, 4) is 16.5 Å². The summed E-state index contributed by atoms with van der Waals surface area (Å²) in [5.41, 5.74) is 0.918. The van der Waals surface area contributed by atoms with E-state index in [2.05, 4.69) is 20.3 Å². The summed E-state index contributed by atoms with van der Waals surface area (Å²) in [6.07, 6.45) is 2.77. The number of carbonyl (C=O) groups excluding carboxylic acids is 1. The lowest BCUT2D eigenvalue weighted by Gasteiger charge is -2.14. The van der Waals surface area contributed by atoms with E-state index in [9.17, 15) is 13.6 Å². The molecule has 33 heavy (non-hydrogen) atoms. The van der Waals surface area contributed by atoms with Gasteiger partial charge in [-0.25, -0.2) is 0 Å². The summed E-state index contributed by atoms with van der Waals surface area (Å²) in [4.78, 5) is 13.4. The smallest absolute Gasteiger partial charge is 0.387 e. The monoisotopic (exact) mass is 494 g/mol. The van der Waals surface area contributed by atoms with Crippen LogP contribution in [0, 0.1) is 0 Å². The van der Waals surface area contributed by atoms with Gasteiger partial charge in [-0.05, 0) is 48.4 Å². The summed E-state index contributed by atoms with van der Waals surface area (Å²) in [7, 11) is 0. The molecule has 11 heteroatoms. The van der Waals surface area contributed by atoms with Crippen LogP contribution in [0.15, 0.2) is 46.9 Å². The number of thiophene rings is 1. The summed E-state index contributed by atoms with van der Waals surface area (Å²) in [5.74, 6) is 1.02. The second kappa shape index (κ2) is 11.6. The van der Waals surface area contributed by atoms with E-state index in [0.717, 1.165) is 35.7 Å². The summed E-state index contributed by atoms with van der Waals surface area (Å²) < 4.78 is 36.6. The van der Waals surface area contributed by atoms with E-state index < -0.39 is 6.61 Å². The number of amides is 1. The van der Waals surface area contributed by atoms with E-state index in [1.807, 2.05) is 22.1 Å². The van der Waals surface area contributed by atoms with Crippen molar-refractivity contribution < 1.29 is 23.0 Å². The topological polar surface area (TPSA) is 78.3 Å². The number of halogens is 2. The fraction of sp³-hybridized carbons (Fsp3) is 0.409. The fourth-order valence-corrected chi connectivity index (χ4v) is 5.00. The highest BCUT2D eigenvalue weighted by atomic mass is 32.2. The molecule has 0 bridgehead atoms. The zero-order chi connectivity index (χ0) is 23.0. The van der Waals surface area contributed by atoms with Crippen LogP contribution in [-0.4, -0.2) is 52.3 Å². The Morgan fingerprint density at radius 1 is 1.30 bits per heavy atom. The minimum Gasteiger partial charge on any atom is -0.435 e. The largest absolute Gasteiger partial charge is 0.435 e. The Kier molecular flexibility index (Phi) is 8.30. The van der Waals surface area contributed by atoms with Crippen molar-refractivity contribution in [2.24, 2.45) is 0 Å². The number of hydrogen-bond acceptors (Lipinski definition) is 7. The van der Waals surface area contributed by atoms with E-state index in [1.165, 1.54) is 23.9 Å². The zero-order valence-corrected chi connectivity index (χ0v) is 19.4. The van der Waals surface area contributed by atoms with Gasteiger partial charge in [-0.1, -0.05) is 30.0 Å². The van der Waals surface area contributed by atoms with Crippen molar-refractivity contribution in [3.05, 3.63) is 47.3 Å². The second-order valence-electron chi connectivity index (χ2n) is 7.44. The van der Waals surface area contributed by atoms with Gasteiger partial charge in [0.15, 0.2) is 11.0 Å². The standard InChI is InChI=1S/C22H24F2N4O3S2/c23-21(24)31-16-7-5-15(6-8-16)9-10-25-19(29)14-33-22-27-26-20(18-4-2-12-32-18)28(22)13-17-3-1-11-30-17/h2,4-8,12,17,21H,1,3,9-11,13-14H2,(H,25,29). The molecule has 1 saturated heterocycles. The molecule has 0 spiro atoms. The average Bonchev–Trinajstić information content (AvgIpc) is 3.56. The van der Waals surface area contributed by atoms with E-state index in [0.29, 0.717) is 24.7 Å². The molecular formula is C22H24F2N4O3S2. The van der Waals surface area contributed by atoms with Gasteiger partial charge < -0.3 is 14.8 Å². The van der Waals surface area contributed by atoms with E-state index in [1.54, 1.807) is 23.5 Å². The lowest BCUT2D eigenvalue weighted by molar-refractivity contribution is -0.118. The van der Waals surface area contributed by atoms with Crippen LogP contribution in [-0.2, 0) is 22.5 Å². The van der Waals surface area contributed by atoms with Gasteiger partial charge in [0.05, 0.1) is 23.3 Å². The third-order valence-electron chi connectivity index (χ3n) is 5.09. The Labute approximate surface area is 198 Å². The molecular weight excluding hydrogens is 470 g/mol. The van der Waals surface area contributed by atoms with Gasteiger partial charge in [-0.2, -0.15) is 8.78 Å². The first-order valence-corrected chi connectivity index (χ1v) is 12.5. The van der Waals surface area contributed by atoms with Crippen molar-refractivity contribution in [1.29, 1.82) is 0 Å². The number of ether oxygens (including phenoxy) is 2. The Balaban J connectivity index is 1.28. The van der Waals surface area contributed by atoms with Crippen LogP contribution in [0.4, 0.5) is 8.78 Å². The number of nitrogens with one attached hydrogen (secondary N) is 1. The minimum absolute atomic E-state index is 0.109. The molecule has 176 valence electrons. The summed E-state index contributed by atoms with van der Waals surface area (Å²) in [5, 5.41) is 14.3. The van der Waals surface area contributed by atoms with Crippen molar-refractivity contribution in [2.75, 3.05) is 18.9 Å². The first-order valence-electron chi connectivity index (χ1n) is 10.6. The predicted octanol–water partition coefficient (Wildman–Crippen LogP) is 4.24. The van der Waals surface area contributed by atoms with Crippen LogP contribution < -0.4 is 10.1 Å². The highest BCUT2D eigenvalue weighted by Gasteiger charge is 2.22. The zero-order valence-electron chi connectivity index (χ0n) is 17.8. The van der Waals surface area contributed by atoms with Crippen molar-refractivity contribution >= 4 is 29.0 Å². The number of carbonyl (C=O) groups is 1. The van der Waals surface area contributed by atoms with Gasteiger partial charge >= 0.3 is 6.61 Å². The lowest BCUT2D eigenvalue weighted by Crippen LogP contribution is -2.27. The Hall–Kier alpha value is -2.50. The summed E-state index contributed by atoms with van der Waals surface area (Å²) >= 11 is 2.95. The first-order chi connectivity index (χ1) is 16.1. The van der Waals surface area contributed by atoms with E-state index >= 15 is 0 Å². The first kappa shape index (κ1) is 23.7. The fourth-order valence-electron chi connectivity index (χ4n) is 3.51. The maximum atomic E-state index is 12.4. The van der Waals surface area contributed by atoms with E-state index in [-0.39, 0.29) is 23.5 Å². The number of aromatic nitrogens is 3. The molecule has 0 radical (unpaired) electrons. The molecule has 1 N–H and O–H groups in total. The van der Waals surface area contributed by atoms with Crippen LogP contribution >= 0.6 is 23.1 Å². The predicted molar refractivity (Wildman–Crippen MR) is 123 cm³/mol. The van der Waals surface area contributed by atoms with Crippen molar-refractivity contribution in [3.63, 3.8) is 0 Å².